The van der Waals surface area contributed by atoms with E-state index < -0.39 is 9.84 Å². The molecular weight excluding hydrogens is 468 g/mol. The van der Waals surface area contributed by atoms with Crippen LogP contribution in [0.3, 0.4) is 0 Å². The highest BCUT2D eigenvalue weighted by molar-refractivity contribution is 8.15. The average Bonchev–Trinajstić information content (AvgIpc) is 3.21. The molecule has 0 radical (unpaired) electrons. The van der Waals surface area contributed by atoms with Gasteiger partial charge in [0.25, 0.3) is 5.56 Å². The number of halogens is 1. The van der Waals surface area contributed by atoms with Gasteiger partial charge in [0.15, 0.2) is 15.0 Å². The van der Waals surface area contributed by atoms with E-state index in [0.717, 1.165) is 22.1 Å². The number of aromatic nitrogens is 2. The van der Waals surface area contributed by atoms with Gasteiger partial charge in [0.05, 0.1) is 29.8 Å². The molecule has 166 valence electrons. The number of aliphatic imine (C=N–C) groups is 1. The molecule has 2 atom stereocenters. The first-order valence-electron chi connectivity index (χ1n) is 10.2. The molecule has 0 aliphatic carbocycles. The lowest BCUT2D eigenvalue weighted by atomic mass is 10.2. The molecule has 2 aromatic heterocycles. The fourth-order valence-corrected chi connectivity index (χ4v) is 8.05. The second kappa shape index (κ2) is 7.90. The first-order chi connectivity index (χ1) is 15.2. The standard InChI is InChI=1S/C22H21ClN4O3S2/c1-13-6-7-16(9-17(13)23)26(22-25-18-11-32(29,30)12-19(18)31-22)10-15-8-21(28)27-14(2)4-3-5-20(27)24-15/h3-9,18-19H,10-12H2,1-2H3/t18-,19-/m0/s1. The van der Waals surface area contributed by atoms with Gasteiger partial charge in [0.2, 0.25) is 0 Å². The number of hydrogen-bond donors (Lipinski definition) is 0. The first-order valence-corrected chi connectivity index (χ1v) is 13.2. The third kappa shape index (κ3) is 3.93. The topological polar surface area (TPSA) is 84.1 Å². The second-order valence-corrected chi connectivity index (χ2v) is 11.9. The minimum atomic E-state index is -3.05. The maximum absolute atomic E-state index is 12.8. The highest BCUT2D eigenvalue weighted by atomic mass is 35.5. The molecule has 10 heteroatoms. The molecule has 0 bridgehead atoms. The first kappa shape index (κ1) is 21.5. The molecule has 0 N–H and O–H groups in total. The number of aryl methyl sites for hydroxylation is 2. The van der Waals surface area contributed by atoms with E-state index >= 15 is 0 Å². The Morgan fingerprint density at radius 1 is 1.19 bits per heavy atom. The quantitative estimate of drug-likeness (QED) is 0.562. The molecule has 4 heterocycles. The Kier molecular flexibility index (Phi) is 5.30. The molecule has 0 amide bonds. The lowest BCUT2D eigenvalue weighted by molar-refractivity contribution is 0.601. The smallest absolute Gasteiger partial charge is 0.258 e. The van der Waals surface area contributed by atoms with Crippen molar-refractivity contribution in [2.24, 2.45) is 4.99 Å². The highest BCUT2D eigenvalue weighted by Gasteiger charge is 2.44. The zero-order valence-electron chi connectivity index (χ0n) is 17.5. The monoisotopic (exact) mass is 488 g/mol. The van der Waals surface area contributed by atoms with Crippen LogP contribution >= 0.6 is 23.4 Å². The number of fused-ring (bicyclic) bond motifs is 2. The number of anilines is 1. The van der Waals surface area contributed by atoms with Crippen LogP contribution in [0.2, 0.25) is 5.02 Å². The van der Waals surface area contributed by atoms with E-state index in [2.05, 4.69) is 0 Å². The Bertz CT molecular complexity index is 1430. The van der Waals surface area contributed by atoms with Crippen molar-refractivity contribution in [2.75, 3.05) is 16.4 Å². The number of nitrogens with zero attached hydrogens (tertiary/aromatic N) is 4. The van der Waals surface area contributed by atoms with Crippen LogP contribution in [0.25, 0.3) is 5.65 Å². The number of thioether (sulfide) groups is 1. The number of pyridine rings is 1. The van der Waals surface area contributed by atoms with Gasteiger partial charge in [-0.3, -0.25) is 14.2 Å². The van der Waals surface area contributed by atoms with Crippen LogP contribution < -0.4 is 10.5 Å². The fourth-order valence-electron chi connectivity index (χ4n) is 4.10. The van der Waals surface area contributed by atoms with Crippen LogP contribution in [0.1, 0.15) is 17.0 Å². The van der Waals surface area contributed by atoms with E-state index in [-0.39, 0.29) is 28.4 Å². The molecule has 1 aromatic carbocycles. The summed E-state index contributed by atoms with van der Waals surface area (Å²) in [5.74, 6) is 0.207. The number of amidine groups is 1. The van der Waals surface area contributed by atoms with Crippen LogP contribution in [0.4, 0.5) is 5.69 Å². The van der Waals surface area contributed by atoms with Crippen molar-refractivity contribution in [1.29, 1.82) is 0 Å². The Hall–Kier alpha value is -2.36. The number of sulfone groups is 1. The predicted molar refractivity (Wildman–Crippen MR) is 130 cm³/mol. The summed E-state index contributed by atoms with van der Waals surface area (Å²) in [6, 6.07) is 12.6. The predicted octanol–water partition coefficient (Wildman–Crippen LogP) is 3.24. The van der Waals surface area contributed by atoms with E-state index in [1.54, 1.807) is 4.40 Å². The van der Waals surface area contributed by atoms with E-state index in [0.29, 0.717) is 22.9 Å². The molecule has 32 heavy (non-hydrogen) atoms. The van der Waals surface area contributed by atoms with Gasteiger partial charge in [0, 0.05) is 27.7 Å². The van der Waals surface area contributed by atoms with Crippen molar-refractivity contribution in [3.05, 3.63) is 74.8 Å². The minimum absolute atomic E-state index is 0.0749. The molecule has 0 spiro atoms. The lowest BCUT2D eigenvalue weighted by Crippen LogP contribution is -2.30. The Morgan fingerprint density at radius 2 is 2.00 bits per heavy atom. The lowest BCUT2D eigenvalue weighted by Gasteiger charge is -2.25. The van der Waals surface area contributed by atoms with Gasteiger partial charge in [-0.05, 0) is 43.7 Å². The van der Waals surface area contributed by atoms with E-state index in [1.165, 1.54) is 17.8 Å². The van der Waals surface area contributed by atoms with Gasteiger partial charge in [-0.15, -0.1) is 0 Å². The molecule has 0 unspecified atom stereocenters. The van der Waals surface area contributed by atoms with Crippen LogP contribution in [0.15, 0.2) is 52.3 Å². The van der Waals surface area contributed by atoms with Gasteiger partial charge in [-0.1, -0.05) is 35.5 Å². The molecule has 2 aliphatic heterocycles. The van der Waals surface area contributed by atoms with Crippen LogP contribution in [0, 0.1) is 13.8 Å². The molecule has 2 aliphatic rings. The van der Waals surface area contributed by atoms with E-state index in [1.807, 2.05) is 55.1 Å². The summed E-state index contributed by atoms with van der Waals surface area (Å²) >= 11 is 7.87. The van der Waals surface area contributed by atoms with E-state index in [9.17, 15) is 13.2 Å². The van der Waals surface area contributed by atoms with Gasteiger partial charge >= 0.3 is 0 Å². The summed E-state index contributed by atoms with van der Waals surface area (Å²) in [5.41, 5.74) is 3.63. The summed E-state index contributed by atoms with van der Waals surface area (Å²) in [6.45, 7) is 4.12. The Morgan fingerprint density at radius 3 is 2.75 bits per heavy atom. The van der Waals surface area contributed by atoms with Crippen LogP contribution in [-0.2, 0) is 16.4 Å². The summed E-state index contributed by atoms with van der Waals surface area (Å²) in [7, 11) is -3.05. The normalized spacial score (nSPS) is 21.5. The Labute approximate surface area is 195 Å². The fraction of sp³-hybridized carbons (Fsp3) is 0.318. The molecule has 1 saturated heterocycles. The molecule has 1 fully saturated rings. The SMILES string of the molecule is Cc1ccc(N(Cc2cc(=O)n3c(C)cccc3n2)C2=N[C@H]3CS(=O)(=O)C[C@@H]3S2)cc1Cl. The third-order valence-corrected chi connectivity index (χ3v) is 9.41. The Balaban J connectivity index is 1.56. The number of hydrogen-bond acceptors (Lipinski definition) is 7. The number of rotatable bonds is 3. The van der Waals surface area contributed by atoms with E-state index in [4.69, 9.17) is 21.6 Å². The maximum atomic E-state index is 12.8. The summed E-state index contributed by atoms with van der Waals surface area (Å²) < 4.78 is 25.6. The highest BCUT2D eigenvalue weighted by Crippen LogP contribution is 2.38. The molecule has 5 rings (SSSR count). The van der Waals surface area contributed by atoms with Crippen molar-refractivity contribution in [3.63, 3.8) is 0 Å². The zero-order valence-corrected chi connectivity index (χ0v) is 19.9. The summed E-state index contributed by atoms with van der Waals surface area (Å²) in [6.07, 6.45) is 0. The average molecular weight is 489 g/mol. The van der Waals surface area contributed by atoms with Crippen LogP contribution in [-0.4, -0.2) is 45.8 Å². The van der Waals surface area contributed by atoms with Crippen molar-refractivity contribution < 1.29 is 8.42 Å². The minimum Gasteiger partial charge on any atom is -0.315 e. The molecular formula is C22H21ClN4O3S2. The number of benzene rings is 1. The molecule has 7 nitrogen and oxygen atoms in total. The van der Waals surface area contributed by atoms with Gasteiger partial charge in [-0.2, -0.15) is 0 Å². The second-order valence-electron chi connectivity index (χ2n) is 8.18. The van der Waals surface area contributed by atoms with Gasteiger partial charge < -0.3 is 4.90 Å². The third-order valence-electron chi connectivity index (χ3n) is 5.76. The van der Waals surface area contributed by atoms with Crippen molar-refractivity contribution >= 4 is 49.7 Å². The summed E-state index contributed by atoms with van der Waals surface area (Å²) in [4.78, 5) is 24.2. The van der Waals surface area contributed by atoms with Crippen molar-refractivity contribution in [1.82, 2.24) is 9.38 Å². The van der Waals surface area contributed by atoms with Crippen molar-refractivity contribution in [3.8, 4) is 0 Å². The summed E-state index contributed by atoms with van der Waals surface area (Å²) in [5, 5.41) is 1.26. The van der Waals surface area contributed by atoms with Crippen LogP contribution in [0.5, 0.6) is 0 Å². The van der Waals surface area contributed by atoms with Gasteiger partial charge in [-0.25, -0.2) is 13.4 Å². The zero-order chi connectivity index (χ0) is 22.6. The maximum Gasteiger partial charge on any atom is 0.258 e. The molecule has 0 saturated carbocycles. The van der Waals surface area contributed by atoms with Crippen molar-refractivity contribution in [2.45, 2.75) is 31.7 Å². The molecule has 3 aromatic rings. The largest absolute Gasteiger partial charge is 0.315 e. The van der Waals surface area contributed by atoms with Gasteiger partial charge in [0.1, 0.15) is 5.65 Å².